The van der Waals surface area contributed by atoms with E-state index in [0.29, 0.717) is 6.61 Å². The van der Waals surface area contributed by atoms with Crippen LogP contribution >= 0.6 is 0 Å². The number of aliphatic hydroxyl groups is 2. The van der Waals surface area contributed by atoms with Gasteiger partial charge in [0.25, 0.3) is 0 Å². The third kappa shape index (κ3) is 178. The quantitative estimate of drug-likeness (QED) is 0.457. The van der Waals surface area contributed by atoms with E-state index in [1.807, 2.05) is 0 Å². The zero-order chi connectivity index (χ0) is 16.4. The normalized spacial score (nSPS) is 7.00. The van der Waals surface area contributed by atoms with E-state index in [2.05, 4.69) is 41.2 Å². The summed E-state index contributed by atoms with van der Waals surface area (Å²) in [5, 5.41) is 15.8. The zero-order valence-electron chi connectivity index (χ0n) is 13.2. The molecule has 0 aliphatic carbocycles. The molecule has 0 unspecified atom stereocenters. The van der Waals surface area contributed by atoms with Crippen molar-refractivity contribution in [2.45, 2.75) is 59.3 Å². The molecule has 0 aromatic rings. The van der Waals surface area contributed by atoms with E-state index >= 15 is 0 Å². The average Bonchev–Trinajstić information content (AvgIpc) is 2.50. The third-order valence-electron chi connectivity index (χ3n) is 1.35. The van der Waals surface area contributed by atoms with Gasteiger partial charge in [0.15, 0.2) is 0 Å². The number of aliphatic hydroxyl groups excluding tert-OH is 2. The summed E-state index contributed by atoms with van der Waals surface area (Å²) >= 11 is 0.750. The van der Waals surface area contributed by atoms with E-state index in [1.165, 1.54) is 18.9 Å². The van der Waals surface area contributed by atoms with Crippen LogP contribution in [0.2, 0.25) is 0 Å². The first kappa shape index (κ1) is 31.5. The molecule has 0 spiro atoms. The van der Waals surface area contributed by atoms with E-state index in [4.69, 9.17) is 13.5 Å². The molecule has 0 radical (unpaired) electrons. The summed E-state index contributed by atoms with van der Waals surface area (Å²) in [7, 11) is 0. The van der Waals surface area contributed by atoms with Gasteiger partial charge in [0.05, 0.1) is 6.61 Å². The molecule has 0 heterocycles. The van der Waals surface area contributed by atoms with E-state index in [1.54, 1.807) is 0 Å². The van der Waals surface area contributed by atoms with Crippen molar-refractivity contribution < 1.29 is 33.9 Å². The Bertz CT molecular complexity index is 91.4. The fraction of sp³-hybridized carbons (Fsp3) is 0.733. The summed E-state index contributed by atoms with van der Waals surface area (Å²) in [4.78, 5) is 0. The van der Waals surface area contributed by atoms with E-state index < -0.39 is 0 Å². The Morgan fingerprint density at radius 1 is 1.00 bits per heavy atom. The van der Waals surface area contributed by atoms with Gasteiger partial charge in [0, 0.05) is 6.61 Å². The Hall–Kier alpha value is 0.174. The van der Waals surface area contributed by atoms with Gasteiger partial charge < -0.3 is 24.1 Å². The third-order valence-corrected chi connectivity index (χ3v) is 1.35. The van der Waals surface area contributed by atoms with Crippen molar-refractivity contribution in [2.24, 2.45) is 0 Å². The summed E-state index contributed by atoms with van der Waals surface area (Å²) in [5.74, 6) is 0. The molecule has 0 rings (SSSR count). The second-order valence-electron chi connectivity index (χ2n) is 3.26. The van der Waals surface area contributed by atoms with Crippen LogP contribution in [-0.2, 0) is 23.7 Å². The summed E-state index contributed by atoms with van der Waals surface area (Å²) in [5.41, 5.74) is 0. The van der Waals surface area contributed by atoms with Gasteiger partial charge in [-0.05, 0) is 6.42 Å². The summed E-state index contributed by atoms with van der Waals surface area (Å²) in [6, 6.07) is 0. The average molecular weight is 310 g/mol. The molecule has 2 N–H and O–H groups in total. The number of hydrogen-bond acceptors (Lipinski definition) is 3. The first-order valence-electron chi connectivity index (χ1n) is 6.77. The van der Waals surface area contributed by atoms with Crippen LogP contribution in [-0.4, -0.2) is 23.4 Å². The maximum atomic E-state index is 8.25. The van der Waals surface area contributed by atoms with Gasteiger partial charge in [-0.3, -0.25) is 0 Å². The Kier molecular flexibility index (Phi) is 106. The molecule has 0 atom stereocenters. The van der Waals surface area contributed by atoms with Crippen LogP contribution in [0.25, 0.3) is 0 Å². The fourth-order valence-electron chi connectivity index (χ4n) is 0.158. The summed E-state index contributed by atoms with van der Waals surface area (Å²) < 4.78 is 8.25. The van der Waals surface area contributed by atoms with Gasteiger partial charge in [0.2, 0.25) is 0 Å². The first-order chi connectivity index (χ1) is 9.16. The Balaban J connectivity index is -0.0000000441. The van der Waals surface area contributed by atoms with Crippen molar-refractivity contribution in [3.05, 3.63) is 26.5 Å². The molecule has 0 aliphatic rings. The Labute approximate surface area is 133 Å². The van der Waals surface area contributed by atoms with Crippen molar-refractivity contribution in [1.82, 2.24) is 0 Å². The molecular weight excluding hydrogens is 276 g/mol. The standard InChI is InChI=1S/C4H10O.2C4H9.C3H6O.O.Ti/c1-2-3-4-5;2*1-3-4-2;1-2-3-4;;/h5H,2-4H2,1H3;2*1,3-4H2,2H3;2,4H,1,3H2;;/q;2*-1;;;+2. The van der Waals surface area contributed by atoms with Gasteiger partial charge in [-0.25, -0.2) is 0 Å². The van der Waals surface area contributed by atoms with Gasteiger partial charge in [-0.2, -0.15) is 12.8 Å². The van der Waals surface area contributed by atoms with Gasteiger partial charge in [-0.1, -0.05) is 46.1 Å². The number of rotatable bonds is 5. The van der Waals surface area contributed by atoms with Gasteiger partial charge in [-0.15, -0.1) is 6.58 Å². The molecule has 0 aromatic heterocycles. The molecule has 0 amide bonds. The second kappa shape index (κ2) is 63.7. The zero-order valence-corrected chi connectivity index (χ0v) is 14.7. The second-order valence-corrected chi connectivity index (χ2v) is 3.26. The fourth-order valence-corrected chi connectivity index (χ4v) is 0.158. The van der Waals surface area contributed by atoms with Crippen LogP contribution in [0.15, 0.2) is 12.7 Å². The van der Waals surface area contributed by atoms with Crippen molar-refractivity contribution in [3.8, 4) is 0 Å². The monoisotopic (exact) mass is 310 g/mol. The van der Waals surface area contributed by atoms with E-state index in [9.17, 15) is 0 Å². The first-order valence-corrected chi connectivity index (χ1v) is 7.41. The topological polar surface area (TPSA) is 57.5 Å². The molecule has 0 fully saturated rings. The maximum absolute atomic E-state index is 8.25. The molecule has 19 heavy (non-hydrogen) atoms. The molecule has 3 nitrogen and oxygen atoms in total. The van der Waals surface area contributed by atoms with Crippen LogP contribution in [0.4, 0.5) is 0 Å². The number of unbranched alkanes of at least 4 members (excludes halogenated alkanes) is 3. The van der Waals surface area contributed by atoms with Crippen LogP contribution in [0, 0.1) is 13.8 Å². The van der Waals surface area contributed by atoms with E-state index in [0.717, 1.165) is 46.1 Å². The van der Waals surface area contributed by atoms with Gasteiger partial charge >= 0.3 is 23.7 Å². The van der Waals surface area contributed by atoms with Crippen molar-refractivity contribution in [2.75, 3.05) is 13.2 Å². The van der Waals surface area contributed by atoms with Crippen LogP contribution in [0.3, 0.4) is 0 Å². The summed E-state index contributed by atoms with van der Waals surface area (Å²) in [6.07, 6.45) is 8.02. The Morgan fingerprint density at radius 2 is 1.26 bits per heavy atom. The SMILES string of the molecule is C=CCO.CCCCO.[CH2-]CCC.[CH2-]CCC.[O]=[Ti+2]. The molecule has 4 heteroatoms. The minimum absolute atomic E-state index is 0.0833. The predicted octanol–water partition coefficient (Wildman–Crippen LogP) is 4.06. The molecule has 0 saturated carbocycles. The molecule has 116 valence electrons. The predicted molar refractivity (Wildman–Crippen MR) is 80.5 cm³/mol. The summed E-state index contributed by atoms with van der Waals surface area (Å²) in [6.45, 7) is 17.2. The van der Waals surface area contributed by atoms with Crippen molar-refractivity contribution in [3.63, 3.8) is 0 Å². The molecule has 0 aliphatic heterocycles. The Morgan fingerprint density at radius 3 is 1.26 bits per heavy atom. The number of hydrogen-bond donors (Lipinski definition) is 2. The van der Waals surface area contributed by atoms with Crippen LogP contribution in [0.5, 0.6) is 0 Å². The minimum atomic E-state index is 0.0833. The molecular formula is C15H34O3Ti. The molecule has 0 aromatic carbocycles. The van der Waals surface area contributed by atoms with Crippen molar-refractivity contribution >= 4 is 0 Å². The van der Waals surface area contributed by atoms with Crippen LogP contribution in [0.1, 0.15) is 59.3 Å². The van der Waals surface area contributed by atoms with Crippen LogP contribution < -0.4 is 0 Å². The molecule has 0 bridgehead atoms. The van der Waals surface area contributed by atoms with Crippen molar-refractivity contribution in [1.29, 1.82) is 0 Å². The van der Waals surface area contributed by atoms with E-state index in [-0.39, 0.29) is 6.61 Å². The molecule has 0 saturated heterocycles. The van der Waals surface area contributed by atoms with Gasteiger partial charge in [0.1, 0.15) is 0 Å².